The van der Waals surface area contributed by atoms with Gasteiger partial charge in [-0.05, 0) is 12.1 Å². The van der Waals surface area contributed by atoms with Crippen molar-refractivity contribution in [2.24, 2.45) is 0 Å². The van der Waals surface area contributed by atoms with Gasteiger partial charge in [-0.2, -0.15) is 10.1 Å². The monoisotopic (exact) mass is 320 g/mol. The van der Waals surface area contributed by atoms with Gasteiger partial charge in [-0.15, -0.1) is 0 Å². The number of carboxylic acid groups (broad SMARTS) is 1. The Bertz CT molecular complexity index is 763. The summed E-state index contributed by atoms with van der Waals surface area (Å²) in [7, 11) is -4.22. The largest absolute Gasteiger partial charge is 0.478 e. The van der Waals surface area contributed by atoms with E-state index in [1.165, 1.54) is 0 Å². The molecule has 11 heteroatoms. The lowest BCUT2D eigenvalue weighted by Gasteiger charge is -2.07. The zero-order valence-electron chi connectivity index (χ0n) is 9.46. The molecule has 3 N–H and O–H groups in total. The first-order chi connectivity index (χ1) is 9.31. The molecule has 2 aromatic rings. The number of carbonyl (C=O) groups is 1. The van der Waals surface area contributed by atoms with E-state index in [9.17, 15) is 17.6 Å². The molecule has 0 aliphatic rings. The summed E-state index contributed by atoms with van der Waals surface area (Å²) in [6.07, 6.45) is 1.06. The molecule has 2 rings (SSSR count). The van der Waals surface area contributed by atoms with Crippen molar-refractivity contribution in [3.63, 3.8) is 0 Å². The van der Waals surface area contributed by atoms with Crippen LogP contribution in [0.25, 0.3) is 0 Å². The number of aromatic carboxylic acids is 1. The molecule has 0 aliphatic heterocycles. The quantitative estimate of drug-likeness (QED) is 0.774. The van der Waals surface area contributed by atoms with Crippen molar-refractivity contribution in [1.82, 2.24) is 15.2 Å². The highest BCUT2D eigenvalue weighted by molar-refractivity contribution is 7.92. The Morgan fingerprint density at radius 2 is 2.15 bits per heavy atom. The second kappa shape index (κ2) is 5.06. The fraction of sp³-hybridized carbons (Fsp3) is 0. The Hall–Kier alpha value is -2.20. The summed E-state index contributed by atoms with van der Waals surface area (Å²) < 4.78 is 39.3. The number of nitrogens with zero attached hydrogens (tertiary/aromatic N) is 2. The van der Waals surface area contributed by atoms with Gasteiger partial charge in [0.25, 0.3) is 10.0 Å². The van der Waals surface area contributed by atoms with Crippen LogP contribution in [0.1, 0.15) is 10.4 Å². The van der Waals surface area contributed by atoms with Gasteiger partial charge in [0.05, 0.1) is 15.5 Å². The number of halogens is 2. The first-order valence-corrected chi connectivity index (χ1v) is 6.78. The van der Waals surface area contributed by atoms with Crippen LogP contribution < -0.4 is 4.72 Å². The molecule has 0 saturated carbocycles. The van der Waals surface area contributed by atoms with Gasteiger partial charge in [0.1, 0.15) is 12.1 Å². The first-order valence-electron chi connectivity index (χ1n) is 4.92. The average Bonchev–Trinajstić information content (AvgIpc) is 2.83. The third kappa shape index (κ3) is 2.70. The maximum absolute atomic E-state index is 13.5. The minimum Gasteiger partial charge on any atom is -0.478 e. The van der Waals surface area contributed by atoms with Gasteiger partial charge in [0.15, 0.2) is 0 Å². The summed E-state index contributed by atoms with van der Waals surface area (Å²) in [6, 6.07) is 1.35. The molecule has 0 unspecified atom stereocenters. The zero-order valence-corrected chi connectivity index (χ0v) is 11.0. The van der Waals surface area contributed by atoms with Crippen LogP contribution >= 0.6 is 11.6 Å². The van der Waals surface area contributed by atoms with Crippen LogP contribution in [-0.2, 0) is 10.0 Å². The summed E-state index contributed by atoms with van der Waals surface area (Å²) in [4.78, 5) is 13.8. The summed E-state index contributed by atoms with van der Waals surface area (Å²) in [5.74, 6) is -2.91. The van der Waals surface area contributed by atoms with E-state index in [0.717, 1.165) is 12.4 Å². The predicted molar refractivity (Wildman–Crippen MR) is 65.6 cm³/mol. The van der Waals surface area contributed by atoms with E-state index < -0.39 is 37.3 Å². The minimum absolute atomic E-state index is 0.197. The number of carboxylic acids is 1. The van der Waals surface area contributed by atoms with E-state index in [0.29, 0.717) is 6.07 Å². The maximum atomic E-state index is 13.5. The van der Waals surface area contributed by atoms with Crippen molar-refractivity contribution in [3.05, 3.63) is 34.9 Å². The van der Waals surface area contributed by atoms with Gasteiger partial charge in [0.2, 0.25) is 5.95 Å². The normalized spacial score (nSPS) is 11.3. The number of aromatic amines is 1. The van der Waals surface area contributed by atoms with Crippen molar-refractivity contribution >= 4 is 33.5 Å². The number of hydrogen-bond acceptors (Lipinski definition) is 5. The van der Waals surface area contributed by atoms with Crippen LogP contribution in [0.2, 0.25) is 5.02 Å². The molecule has 0 fully saturated rings. The molecule has 0 atom stereocenters. The topological polar surface area (TPSA) is 125 Å². The Morgan fingerprint density at radius 3 is 2.70 bits per heavy atom. The zero-order chi connectivity index (χ0) is 14.9. The van der Waals surface area contributed by atoms with Crippen LogP contribution in [0.5, 0.6) is 0 Å². The molecular weight excluding hydrogens is 315 g/mol. The van der Waals surface area contributed by atoms with Gasteiger partial charge in [0, 0.05) is 0 Å². The molecule has 0 saturated heterocycles. The number of hydrogen-bond donors (Lipinski definition) is 3. The standard InChI is InChI=1S/C9H6ClFN4O4S/c10-7-5(8(16)17)1-4(2-6(7)11)20(18,19)15-9-12-3-13-14-9/h1-3H,(H,16,17)(H2,12,13,14,15). The Kier molecular flexibility index (Phi) is 3.59. The van der Waals surface area contributed by atoms with E-state index in [1.54, 1.807) is 0 Å². The molecule has 8 nitrogen and oxygen atoms in total. The Balaban J connectivity index is 2.49. The molecule has 20 heavy (non-hydrogen) atoms. The van der Waals surface area contributed by atoms with Gasteiger partial charge < -0.3 is 5.11 Å². The van der Waals surface area contributed by atoms with Crippen molar-refractivity contribution in [1.29, 1.82) is 0 Å². The highest BCUT2D eigenvalue weighted by Crippen LogP contribution is 2.25. The van der Waals surface area contributed by atoms with E-state index in [1.807, 2.05) is 4.72 Å². The lowest BCUT2D eigenvalue weighted by Crippen LogP contribution is -2.15. The SMILES string of the molecule is O=C(O)c1cc(S(=O)(=O)Nc2ncn[nH]2)cc(F)c1Cl. The number of H-pyrrole nitrogens is 1. The lowest BCUT2D eigenvalue weighted by molar-refractivity contribution is 0.0696. The number of anilines is 1. The smallest absolute Gasteiger partial charge is 0.337 e. The minimum atomic E-state index is -4.22. The number of rotatable bonds is 4. The Labute approximate surface area is 116 Å². The summed E-state index contributed by atoms with van der Waals surface area (Å²) in [5.41, 5.74) is -0.662. The summed E-state index contributed by atoms with van der Waals surface area (Å²) in [5, 5.41) is 13.8. The number of aromatic nitrogens is 3. The van der Waals surface area contributed by atoms with E-state index in [-0.39, 0.29) is 5.95 Å². The molecule has 0 aliphatic carbocycles. The van der Waals surface area contributed by atoms with Gasteiger partial charge in [-0.25, -0.2) is 27.4 Å². The number of nitrogens with one attached hydrogen (secondary N) is 2. The molecule has 0 amide bonds. The van der Waals surface area contributed by atoms with Crippen molar-refractivity contribution in [2.45, 2.75) is 4.90 Å². The van der Waals surface area contributed by atoms with E-state index in [4.69, 9.17) is 16.7 Å². The fourth-order valence-corrected chi connectivity index (χ4v) is 2.51. The summed E-state index contributed by atoms with van der Waals surface area (Å²) in [6.45, 7) is 0. The van der Waals surface area contributed by atoms with Crippen molar-refractivity contribution < 1.29 is 22.7 Å². The van der Waals surface area contributed by atoms with Crippen molar-refractivity contribution in [2.75, 3.05) is 4.72 Å². The molecular formula is C9H6ClFN4O4S. The Morgan fingerprint density at radius 1 is 1.45 bits per heavy atom. The molecule has 1 heterocycles. The van der Waals surface area contributed by atoms with Crippen LogP contribution in [0.15, 0.2) is 23.4 Å². The van der Waals surface area contributed by atoms with E-state index in [2.05, 4.69) is 15.2 Å². The van der Waals surface area contributed by atoms with Crippen LogP contribution in [-0.4, -0.2) is 34.7 Å². The van der Waals surface area contributed by atoms with Crippen molar-refractivity contribution in [3.8, 4) is 0 Å². The third-order valence-corrected chi connectivity index (χ3v) is 3.89. The fourth-order valence-electron chi connectivity index (χ4n) is 1.32. The van der Waals surface area contributed by atoms with Gasteiger partial charge in [-0.3, -0.25) is 0 Å². The predicted octanol–water partition coefficient (Wildman–Crippen LogP) is 1.10. The van der Waals surface area contributed by atoms with Crippen LogP contribution in [0.4, 0.5) is 10.3 Å². The third-order valence-electron chi connectivity index (χ3n) is 2.19. The van der Waals surface area contributed by atoms with Gasteiger partial charge >= 0.3 is 5.97 Å². The second-order valence-electron chi connectivity index (χ2n) is 3.51. The molecule has 0 radical (unpaired) electrons. The number of sulfonamides is 1. The highest BCUT2D eigenvalue weighted by Gasteiger charge is 2.22. The molecule has 1 aromatic carbocycles. The number of benzene rings is 1. The average molecular weight is 321 g/mol. The molecule has 106 valence electrons. The summed E-state index contributed by atoms with van der Waals surface area (Å²) >= 11 is 5.45. The highest BCUT2D eigenvalue weighted by atomic mass is 35.5. The van der Waals surface area contributed by atoms with Gasteiger partial charge in [-0.1, -0.05) is 11.6 Å². The first kappa shape index (κ1) is 14.2. The van der Waals surface area contributed by atoms with E-state index >= 15 is 0 Å². The lowest BCUT2D eigenvalue weighted by atomic mass is 10.2. The molecule has 0 bridgehead atoms. The second-order valence-corrected chi connectivity index (χ2v) is 5.57. The van der Waals surface area contributed by atoms with Crippen LogP contribution in [0.3, 0.4) is 0 Å². The molecule has 1 aromatic heterocycles. The maximum Gasteiger partial charge on any atom is 0.337 e. The van der Waals surface area contributed by atoms with Crippen LogP contribution in [0, 0.1) is 5.82 Å². The molecule has 0 spiro atoms.